The summed E-state index contributed by atoms with van der Waals surface area (Å²) < 4.78 is 6.07. The Morgan fingerprint density at radius 3 is 2.68 bits per heavy atom. The number of phenols is 1. The molecule has 1 aliphatic rings. The van der Waals surface area contributed by atoms with Gasteiger partial charge >= 0.3 is 0 Å². The molecule has 28 heavy (non-hydrogen) atoms. The lowest BCUT2D eigenvalue weighted by Gasteiger charge is -2.49. The van der Waals surface area contributed by atoms with Gasteiger partial charge in [-0.1, -0.05) is 13.5 Å². The van der Waals surface area contributed by atoms with E-state index < -0.39 is 0 Å². The van der Waals surface area contributed by atoms with Crippen LogP contribution in [-0.4, -0.2) is 46.8 Å². The fourth-order valence-corrected chi connectivity index (χ4v) is 3.29. The van der Waals surface area contributed by atoms with Crippen LogP contribution in [0.4, 0.5) is 5.82 Å². The first-order valence-electron chi connectivity index (χ1n) is 9.06. The Kier molecular flexibility index (Phi) is 5.35. The maximum Gasteiger partial charge on any atom is 0.245 e. The highest BCUT2D eigenvalue weighted by atomic mass is 16.5. The highest BCUT2D eigenvalue weighted by molar-refractivity contribution is 5.89. The van der Waals surface area contributed by atoms with Crippen LogP contribution >= 0.6 is 0 Å². The predicted molar refractivity (Wildman–Crippen MR) is 109 cm³/mol. The van der Waals surface area contributed by atoms with Crippen molar-refractivity contribution in [3.8, 4) is 22.8 Å². The van der Waals surface area contributed by atoms with E-state index >= 15 is 0 Å². The summed E-state index contributed by atoms with van der Waals surface area (Å²) in [5, 5.41) is 17.1. The average molecular weight is 380 g/mol. The van der Waals surface area contributed by atoms with Crippen molar-refractivity contribution in [2.45, 2.75) is 13.3 Å². The summed E-state index contributed by atoms with van der Waals surface area (Å²) in [4.78, 5) is 17.8. The Balaban J connectivity index is 1.82. The lowest BCUT2D eigenvalue weighted by molar-refractivity contribution is -0.140. The largest absolute Gasteiger partial charge is 0.508 e. The van der Waals surface area contributed by atoms with E-state index in [0.717, 1.165) is 18.2 Å². The van der Waals surface area contributed by atoms with E-state index in [1.54, 1.807) is 35.2 Å². The van der Waals surface area contributed by atoms with E-state index in [0.29, 0.717) is 36.7 Å². The molecule has 0 atom stereocenters. The van der Waals surface area contributed by atoms with Gasteiger partial charge in [-0.15, -0.1) is 0 Å². The van der Waals surface area contributed by atoms with Crippen LogP contribution in [0.15, 0.2) is 43.0 Å². The minimum atomic E-state index is -0.130. The second-order valence-electron chi connectivity index (χ2n) is 7.04. The number of carbonyl (C=O) groups excluding carboxylic acids is 1. The van der Waals surface area contributed by atoms with E-state index in [-0.39, 0.29) is 22.9 Å². The van der Waals surface area contributed by atoms with Crippen LogP contribution in [0.3, 0.4) is 0 Å². The first kappa shape index (κ1) is 19.4. The first-order valence-corrected chi connectivity index (χ1v) is 9.06. The summed E-state index contributed by atoms with van der Waals surface area (Å²) in [6, 6.07) is 8.37. The molecule has 1 amide bonds. The maximum atomic E-state index is 11.7. The normalized spacial score (nSPS) is 14.8. The number of benzene rings is 1. The second kappa shape index (κ2) is 7.72. The molecule has 0 radical (unpaired) electrons. The lowest BCUT2D eigenvalue weighted by atomic mass is 9.78. The third-order valence-corrected chi connectivity index (χ3v) is 5.18. The minimum Gasteiger partial charge on any atom is -0.508 e. The van der Waals surface area contributed by atoms with Gasteiger partial charge in [0, 0.05) is 36.3 Å². The number of nitrogens with one attached hydrogen (secondary N) is 1. The van der Waals surface area contributed by atoms with E-state index in [1.165, 1.54) is 6.08 Å². The molecule has 1 aromatic carbocycles. The van der Waals surface area contributed by atoms with Crippen LogP contribution in [0.1, 0.15) is 18.9 Å². The van der Waals surface area contributed by atoms with Crippen LogP contribution in [0.2, 0.25) is 0 Å². The molecular weight excluding hydrogens is 356 g/mol. The minimum absolute atomic E-state index is 0.0768. The Labute approximate surface area is 164 Å². The number of carbonyl (C=O) groups is 1. The van der Waals surface area contributed by atoms with Gasteiger partial charge in [0.1, 0.15) is 17.3 Å². The third kappa shape index (κ3) is 3.69. The zero-order valence-corrected chi connectivity index (χ0v) is 15.8. The second-order valence-corrected chi connectivity index (χ2v) is 7.04. The molecule has 7 heteroatoms. The van der Waals surface area contributed by atoms with Crippen LogP contribution in [0.25, 0.3) is 11.3 Å². The van der Waals surface area contributed by atoms with Gasteiger partial charge in [-0.3, -0.25) is 4.79 Å². The zero-order valence-electron chi connectivity index (χ0n) is 15.8. The molecule has 1 fully saturated rings. The molecule has 1 saturated heterocycles. The van der Waals surface area contributed by atoms with Crippen molar-refractivity contribution in [3.63, 3.8) is 0 Å². The van der Waals surface area contributed by atoms with Crippen molar-refractivity contribution in [1.82, 2.24) is 9.88 Å². The summed E-state index contributed by atoms with van der Waals surface area (Å²) >= 11 is 0. The van der Waals surface area contributed by atoms with Crippen LogP contribution < -0.4 is 10.5 Å². The van der Waals surface area contributed by atoms with E-state index in [4.69, 9.17) is 15.9 Å². The molecule has 0 aliphatic carbocycles. The topological polar surface area (TPSA) is 113 Å². The fourth-order valence-electron chi connectivity index (χ4n) is 3.29. The molecule has 2 heterocycles. The quantitative estimate of drug-likeness (QED) is 0.505. The number of nitrogens with zero attached hydrogens (tertiary/aromatic N) is 2. The number of nitrogens with two attached hydrogens (primary N) is 1. The van der Waals surface area contributed by atoms with E-state index in [2.05, 4.69) is 18.5 Å². The number of nitrogen functional groups attached to an aromatic ring is 1. The Morgan fingerprint density at radius 2 is 2.11 bits per heavy atom. The van der Waals surface area contributed by atoms with Gasteiger partial charge in [0.25, 0.3) is 0 Å². The van der Waals surface area contributed by atoms with Gasteiger partial charge in [-0.2, -0.15) is 0 Å². The number of anilines is 1. The number of pyridine rings is 1. The molecule has 1 aromatic heterocycles. The van der Waals surface area contributed by atoms with Gasteiger partial charge in [0.05, 0.1) is 17.9 Å². The Morgan fingerprint density at radius 1 is 1.43 bits per heavy atom. The molecule has 0 spiro atoms. The Bertz CT molecular complexity index is 903. The summed E-state index contributed by atoms with van der Waals surface area (Å²) in [6.07, 6.45) is 3.31. The number of aromatic nitrogens is 1. The van der Waals surface area contributed by atoms with Crippen molar-refractivity contribution in [2.24, 2.45) is 5.41 Å². The molecule has 4 N–H and O–H groups in total. The number of ether oxygens (including phenoxy) is 1. The van der Waals surface area contributed by atoms with Crippen LogP contribution in [0, 0.1) is 10.8 Å². The fraction of sp³-hybridized carbons (Fsp3) is 0.286. The molecule has 0 bridgehead atoms. The smallest absolute Gasteiger partial charge is 0.245 e. The number of likely N-dealkylation sites (tertiary alicyclic amines) is 1. The molecule has 3 rings (SSSR count). The van der Waals surface area contributed by atoms with E-state index in [1.807, 2.05) is 0 Å². The molecule has 1 aliphatic heterocycles. The van der Waals surface area contributed by atoms with Gasteiger partial charge in [0.15, 0.2) is 0 Å². The molecule has 0 unspecified atom stereocenters. The molecular formula is C21H24N4O3. The predicted octanol–water partition coefficient (Wildman–Crippen LogP) is 2.84. The zero-order chi connectivity index (χ0) is 20.3. The lowest BCUT2D eigenvalue weighted by Crippen LogP contribution is -2.60. The van der Waals surface area contributed by atoms with Crippen molar-refractivity contribution in [1.29, 1.82) is 5.41 Å². The summed E-state index contributed by atoms with van der Waals surface area (Å²) in [5.74, 6) is 0.773. The van der Waals surface area contributed by atoms with Crippen LogP contribution in [-0.2, 0) is 4.79 Å². The molecule has 146 valence electrons. The SMILES string of the molecule is C=CC(=O)N1CC(CC)(COc2cc(-c3ccc(O)cc3)nc(N)c2C=N)C1. The van der Waals surface area contributed by atoms with Crippen molar-refractivity contribution in [2.75, 3.05) is 25.4 Å². The number of hydrogen-bond donors (Lipinski definition) is 3. The summed E-state index contributed by atoms with van der Waals surface area (Å²) in [7, 11) is 0. The Hall–Kier alpha value is -3.35. The third-order valence-electron chi connectivity index (χ3n) is 5.18. The molecule has 7 nitrogen and oxygen atoms in total. The van der Waals surface area contributed by atoms with Gasteiger partial charge in [-0.25, -0.2) is 4.98 Å². The molecule has 0 saturated carbocycles. The summed E-state index contributed by atoms with van der Waals surface area (Å²) in [6.45, 7) is 7.22. The highest BCUT2D eigenvalue weighted by Gasteiger charge is 2.44. The van der Waals surface area contributed by atoms with Gasteiger partial charge in [0.2, 0.25) is 5.91 Å². The van der Waals surface area contributed by atoms with Crippen LogP contribution in [0.5, 0.6) is 11.5 Å². The number of phenolic OH excluding ortho intramolecular Hbond substituents is 1. The number of rotatable bonds is 7. The van der Waals surface area contributed by atoms with Crippen molar-refractivity contribution < 1.29 is 14.6 Å². The summed E-state index contributed by atoms with van der Waals surface area (Å²) in [5.41, 5.74) is 7.71. The number of amides is 1. The van der Waals surface area contributed by atoms with Crippen molar-refractivity contribution in [3.05, 3.63) is 48.6 Å². The van der Waals surface area contributed by atoms with E-state index in [9.17, 15) is 9.90 Å². The van der Waals surface area contributed by atoms with Crippen molar-refractivity contribution >= 4 is 17.9 Å². The van der Waals surface area contributed by atoms with Gasteiger partial charge in [-0.05, 0) is 36.8 Å². The monoisotopic (exact) mass is 380 g/mol. The number of hydrogen-bond acceptors (Lipinski definition) is 6. The average Bonchev–Trinajstić information content (AvgIpc) is 2.67. The number of aromatic hydroxyl groups is 1. The highest BCUT2D eigenvalue weighted by Crippen LogP contribution is 2.36. The maximum absolute atomic E-state index is 11.7. The standard InChI is InChI=1S/C21H24N4O3/c1-3-19(27)25-11-21(4-2,12-25)13-28-18-9-17(24-20(23)16(18)10-22)14-5-7-15(26)8-6-14/h3,5-10,22,26H,1,4,11-13H2,2H3,(H2,23,24). The first-order chi connectivity index (χ1) is 13.4. The van der Waals surface area contributed by atoms with Gasteiger partial charge < -0.3 is 25.9 Å². The molecule has 2 aromatic rings.